The lowest BCUT2D eigenvalue weighted by Crippen LogP contribution is -2.23. The standard InChI is InChI=1S/C17H19N3O5S2/c1-11(17(21)19-12-4-6-14-15(8-12)25-10-24-14)26-16-7-5-13(9-18-16)27(22,23)20(2)3/h4-9,11H,10H2,1-3H3,(H,19,21). The molecule has 0 saturated carbocycles. The van der Waals surface area contributed by atoms with Gasteiger partial charge in [0.2, 0.25) is 22.7 Å². The number of pyridine rings is 1. The van der Waals surface area contributed by atoms with Crippen molar-refractivity contribution < 1.29 is 22.7 Å². The summed E-state index contributed by atoms with van der Waals surface area (Å²) in [4.78, 5) is 16.6. The molecule has 8 nitrogen and oxygen atoms in total. The average molecular weight is 409 g/mol. The highest BCUT2D eigenvalue weighted by molar-refractivity contribution is 8.00. The molecule has 1 amide bonds. The molecule has 3 rings (SSSR count). The van der Waals surface area contributed by atoms with Crippen molar-refractivity contribution in [3.8, 4) is 11.5 Å². The van der Waals surface area contributed by atoms with Crippen LogP contribution in [0.25, 0.3) is 0 Å². The van der Waals surface area contributed by atoms with Gasteiger partial charge in [0.25, 0.3) is 0 Å². The predicted molar refractivity (Wildman–Crippen MR) is 102 cm³/mol. The lowest BCUT2D eigenvalue weighted by atomic mass is 10.2. The molecule has 0 spiro atoms. The van der Waals surface area contributed by atoms with Crippen LogP contribution in [-0.4, -0.2) is 49.8 Å². The molecule has 1 aromatic heterocycles. The number of nitrogens with one attached hydrogen (secondary N) is 1. The first-order valence-electron chi connectivity index (χ1n) is 8.03. The number of hydrogen-bond acceptors (Lipinski definition) is 7. The molecule has 1 atom stereocenters. The number of fused-ring (bicyclic) bond motifs is 1. The van der Waals surface area contributed by atoms with Gasteiger partial charge in [0.1, 0.15) is 4.90 Å². The highest BCUT2D eigenvalue weighted by Gasteiger charge is 2.20. The van der Waals surface area contributed by atoms with Gasteiger partial charge in [-0.2, -0.15) is 0 Å². The summed E-state index contributed by atoms with van der Waals surface area (Å²) in [5, 5.41) is 2.94. The van der Waals surface area contributed by atoms with E-state index in [0.717, 1.165) is 4.31 Å². The Bertz CT molecular complexity index is 946. The van der Waals surface area contributed by atoms with E-state index in [1.165, 1.54) is 38.1 Å². The molecule has 144 valence electrons. The summed E-state index contributed by atoms with van der Waals surface area (Å²) in [5.41, 5.74) is 0.608. The fraction of sp³-hybridized carbons (Fsp3) is 0.294. The van der Waals surface area contributed by atoms with Gasteiger partial charge < -0.3 is 14.8 Å². The molecule has 0 aliphatic carbocycles. The molecule has 1 aromatic carbocycles. The van der Waals surface area contributed by atoms with E-state index >= 15 is 0 Å². The molecule has 0 saturated heterocycles. The zero-order valence-corrected chi connectivity index (χ0v) is 16.6. The van der Waals surface area contributed by atoms with Gasteiger partial charge in [0, 0.05) is 32.0 Å². The van der Waals surface area contributed by atoms with Crippen LogP contribution in [0, 0.1) is 0 Å². The van der Waals surface area contributed by atoms with E-state index < -0.39 is 15.3 Å². The van der Waals surface area contributed by atoms with E-state index in [1.54, 1.807) is 31.2 Å². The molecular weight excluding hydrogens is 390 g/mol. The van der Waals surface area contributed by atoms with Gasteiger partial charge in [-0.25, -0.2) is 17.7 Å². The van der Waals surface area contributed by atoms with E-state index in [0.29, 0.717) is 22.2 Å². The second-order valence-corrected chi connectivity index (χ2v) is 9.45. The van der Waals surface area contributed by atoms with E-state index in [9.17, 15) is 13.2 Å². The SMILES string of the molecule is CC(Sc1ccc(S(=O)(=O)N(C)C)cn1)C(=O)Nc1ccc2c(c1)OCO2. The molecule has 0 fully saturated rings. The first-order valence-corrected chi connectivity index (χ1v) is 10.3. The van der Waals surface area contributed by atoms with Crippen molar-refractivity contribution in [2.75, 3.05) is 26.2 Å². The van der Waals surface area contributed by atoms with Gasteiger partial charge in [-0.05, 0) is 31.2 Å². The highest BCUT2D eigenvalue weighted by atomic mass is 32.2. The fourth-order valence-corrected chi connectivity index (χ4v) is 3.89. The number of thioether (sulfide) groups is 1. The third-order valence-corrected chi connectivity index (χ3v) is 6.64. The molecule has 1 N–H and O–H groups in total. The summed E-state index contributed by atoms with van der Waals surface area (Å²) in [6.45, 7) is 1.92. The van der Waals surface area contributed by atoms with Gasteiger partial charge in [0.05, 0.1) is 10.3 Å². The summed E-state index contributed by atoms with van der Waals surface area (Å²) < 4.78 is 35.8. The molecule has 1 unspecified atom stereocenters. The Labute approximate surface area is 161 Å². The zero-order chi connectivity index (χ0) is 19.6. The molecule has 0 bridgehead atoms. The molecule has 2 aromatic rings. The molecular formula is C17H19N3O5S2. The number of nitrogens with zero attached hydrogens (tertiary/aromatic N) is 2. The van der Waals surface area contributed by atoms with Gasteiger partial charge in [-0.15, -0.1) is 0 Å². The van der Waals surface area contributed by atoms with Crippen molar-refractivity contribution >= 4 is 33.4 Å². The second kappa shape index (κ2) is 7.75. The summed E-state index contributed by atoms with van der Waals surface area (Å²) in [6, 6.07) is 8.25. The number of hydrogen-bond donors (Lipinski definition) is 1. The lowest BCUT2D eigenvalue weighted by Gasteiger charge is -2.13. The zero-order valence-electron chi connectivity index (χ0n) is 15.0. The van der Waals surface area contributed by atoms with E-state index in [4.69, 9.17) is 9.47 Å². The number of carbonyl (C=O) groups is 1. The maximum absolute atomic E-state index is 12.4. The third kappa shape index (κ3) is 4.34. The Morgan fingerprint density at radius 1 is 1.22 bits per heavy atom. The third-order valence-electron chi connectivity index (χ3n) is 3.79. The van der Waals surface area contributed by atoms with Gasteiger partial charge >= 0.3 is 0 Å². The van der Waals surface area contributed by atoms with Crippen molar-refractivity contribution in [3.05, 3.63) is 36.5 Å². The number of amides is 1. The Kier molecular flexibility index (Phi) is 5.59. The van der Waals surface area contributed by atoms with E-state index in [2.05, 4.69) is 10.3 Å². The summed E-state index contributed by atoms with van der Waals surface area (Å²) in [5.74, 6) is 1.03. The normalized spacial score (nSPS) is 14.2. The van der Waals surface area contributed by atoms with Crippen LogP contribution in [0.15, 0.2) is 46.5 Å². The van der Waals surface area contributed by atoms with Crippen LogP contribution in [0.1, 0.15) is 6.92 Å². The van der Waals surface area contributed by atoms with Crippen molar-refractivity contribution in [1.29, 1.82) is 0 Å². The van der Waals surface area contributed by atoms with Crippen LogP contribution >= 0.6 is 11.8 Å². The summed E-state index contributed by atoms with van der Waals surface area (Å²) in [6.07, 6.45) is 1.29. The fourth-order valence-electron chi connectivity index (χ4n) is 2.25. The van der Waals surface area contributed by atoms with Gasteiger partial charge in [-0.3, -0.25) is 4.79 Å². The number of sulfonamides is 1. The number of benzene rings is 1. The number of rotatable bonds is 6. The highest BCUT2D eigenvalue weighted by Crippen LogP contribution is 2.34. The minimum absolute atomic E-state index is 0.106. The first-order chi connectivity index (χ1) is 12.8. The molecule has 10 heteroatoms. The molecule has 27 heavy (non-hydrogen) atoms. The number of ether oxygens (including phenoxy) is 2. The van der Waals surface area contributed by atoms with Crippen LogP contribution in [0.2, 0.25) is 0 Å². The quantitative estimate of drug-likeness (QED) is 0.730. The maximum atomic E-state index is 12.4. The Morgan fingerprint density at radius 3 is 2.63 bits per heavy atom. The van der Waals surface area contributed by atoms with Crippen LogP contribution in [-0.2, 0) is 14.8 Å². The Balaban J connectivity index is 1.63. The van der Waals surface area contributed by atoms with E-state index in [1.807, 2.05) is 0 Å². The Morgan fingerprint density at radius 2 is 1.96 bits per heavy atom. The summed E-state index contributed by atoms with van der Waals surface area (Å²) >= 11 is 1.24. The van der Waals surface area contributed by atoms with Crippen molar-refractivity contribution in [3.63, 3.8) is 0 Å². The van der Waals surface area contributed by atoms with Crippen LogP contribution in [0.5, 0.6) is 11.5 Å². The van der Waals surface area contributed by atoms with Crippen molar-refractivity contribution in [1.82, 2.24) is 9.29 Å². The van der Waals surface area contributed by atoms with E-state index in [-0.39, 0.29) is 17.6 Å². The molecule has 1 aliphatic heterocycles. The topological polar surface area (TPSA) is 97.8 Å². The average Bonchev–Trinajstić information content (AvgIpc) is 3.09. The van der Waals surface area contributed by atoms with Gasteiger partial charge in [0.15, 0.2) is 11.5 Å². The minimum Gasteiger partial charge on any atom is -0.454 e. The smallest absolute Gasteiger partial charge is 0.244 e. The number of anilines is 1. The monoisotopic (exact) mass is 409 g/mol. The number of aromatic nitrogens is 1. The van der Waals surface area contributed by atoms with Crippen LogP contribution in [0.3, 0.4) is 0 Å². The van der Waals surface area contributed by atoms with Crippen molar-refractivity contribution in [2.45, 2.75) is 22.1 Å². The Hall–Kier alpha value is -2.30. The van der Waals surface area contributed by atoms with Crippen LogP contribution in [0.4, 0.5) is 5.69 Å². The molecule has 1 aliphatic rings. The molecule has 0 radical (unpaired) electrons. The largest absolute Gasteiger partial charge is 0.454 e. The van der Waals surface area contributed by atoms with Crippen LogP contribution < -0.4 is 14.8 Å². The maximum Gasteiger partial charge on any atom is 0.244 e. The van der Waals surface area contributed by atoms with Gasteiger partial charge in [-0.1, -0.05) is 11.8 Å². The van der Waals surface area contributed by atoms with Crippen molar-refractivity contribution in [2.24, 2.45) is 0 Å². The molecule has 2 heterocycles. The summed E-state index contributed by atoms with van der Waals surface area (Å²) in [7, 11) is -0.606. The number of carbonyl (C=O) groups excluding carboxylic acids is 1. The minimum atomic E-state index is -3.52. The lowest BCUT2D eigenvalue weighted by molar-refractivity contribution is -0.115. The second-order valence-electron chi connectivity index (χ2n) is 5.94. The predicted octanol–water partition coefficient (Wildman–Crippen LogP) is 2.18. The first kappa shape index (κ1) is 19.5.